The molecule has 2 heterocycles. The van der Waals surface area contributed by atoms with Gasteiger partial charge in [0.2, 0.25) is 5.95 Å². The van der Waals surface area contributed by atoms with E-state index in [9.17, 15) is 4.21 Å². The minimum Gasteiger partial charge on any atom is -0.488 e. The largest absolute Gasteiger partial charge is 0.488 e. The summed E-state index contributed by atoms with van der Waals surface area (Å²) in [6, 6.07) is 12.9. The number of nitrogens with one attached hydrogen (secondary N) is 1. The lowest BCUT2D eigenvalue weighted by molar-refractivity contribution is 0.115. The van der Waals surface area contributed by atoms with E-state index in [0.717, 1.165) is 48.3 Å². The Balaban J connectivity index is 1.56. The third-order valence-electron chi connectivity index (χ3n) is 4.88. The number of nitrogens with zero attached hydrogens (tertiary/aromatic N) is 3. The zero-order valence-corrected chi connectivity index (χ0v) is 16.5. The number of hydrogen-bond acceptors (Lipinski definition) is 6. The first kappa shape index (κ1) is 18.8. The second-order valence-electron chi connectivity index (χ2n) is 6.95. The highest BCUT2D eigenvalue weighted by Gasteiger charge is 2.19. The first-order valence-electron chi connectivity index (χ1n) is 9.23. The molecule has 3 N–H and O–H groups in total. The Morgan fingerprint density at radius 1 is 1.18 bits per heavy atom. The number of benzene rings is 2. The van der Waals surface area contributed by atoms with Gasteiger partial charge in [-0.15, -0.1) is 0 Å². The average Bonchev–Trinajstić information content (AvgIpc) is 2.70. The molecule has 0 aliphatic carbocycles. The summed E-state index contributed by atoms with van der Waals surface area (Å²) in [6.07, 6.45) is 4.02. The molecule has 28 heavy (non-hydrogen) atoms. The van der Waals surface area contributed by atoms with E-state index >= 15 is 0 Å². The van der Waals surface area contributed by atoms with Gasteiger partial charge < -0.3 is 15.0 Å². The number of ether oxygens (including phenoxy) is 1. The normalized spacial score (nSPS) is 16.8. The van der Waals surface area contributed by atoms with Crippen LogP contribution >= 0.6 is 0 Å². The van der Waals surface area contributed by atoms with Crippen LogP contribution in [0.25, 0.3) is 10.9 Å². The molecule has 1 fully saturated rings. The van der Waals surface area contributed by atoms with Crippen LogP contribution in [0.3, 0.4) is 0 Å². The molecular formula is C20H23N5O2S. The second kappa shape index (κ2) is 8.22. The van der Waals surface area contributed by atoms with Crippen LogP contribution in [0.15, 0.2) is 53.6 Å². The van der Waals surface area contributed by atoms with Crippen LogP contribution in [0.5, 0.6) is 5.75 Å². The van der Waals surface area contributed by atoms with E-state index in [0.29, 0.717) is 10.8 Å². The van der Waals surface area contributed by atoms with Crippen molar-refractivity contribution >= 4 is 33.5 Å². The molecule has 1 unspecified atom stereocenters. The van der Waals surface area contributed by atoms with E-state index < -0.39 is 11.0 Å². The van der Waals surface area contributed by atoms with Crippen LogP contribution in [0.2, 0.25) is 0 Å². The smallest absolute Gasteiger partial charge is 0.227 e. The highest BCUT2D eigenvalue weighted by atomic mass is 32.2. The fraction of sp³-hybridized carbons (Fsp3) is 0.300. The van der Waals surface area contributed by atoms with Crippen LogP contribution in [0, 0.1) is 0 Å². The molecule has 1 aliphatic heterocycles. The third kappa shape index (κ3) is 4.30. The van der Waals surface area contributed by atoms with Gasteiger partial charge in [-0.25, -0.2) is 19.3 Å². The Hall–Kier alpha value is -2.55. The summed E-state index contributed by atoms with van der Waals surface area (Å²) in [6.45, 7) is 2.08. The molecule has 1 atom stereocenters. The molecule has 4 rings (SSSR count). The van der Waals surface area contributed by atoms with Crippen LogP contribution in [-0.2, 0) is 11.0 Å². The lowest BCUT2D eigenvalue weighted by atomic mass is 10.1. The van der Waals surface area contributed by atoms with Gasteiger partial charge in [0.05, 0.1) is 4.90 Å². The Bertz CT molecular complexity index is 988. The summed E-state index contributed by atoms with van der Waals surface area (Å²) in [4.78, 5) is 11.9. The van der Waals surface area contributed by atoms with Gasteiger partial charge in [0.1, 0.15) is 28.4 Å². The van der Waals surface area contributed by atoms with Gasteiger partial charge in [-0.05, 0) is 50.2 Å². The summed E-state index contributed by atoms with van der Waals surface area (Å²) in [7, 11) is 0.646. The number of aromatic nitrogens is 2. The van der Waals surface area contributed by atoms with Gasteiger partial charge >= 0.3 is 0 Å². The standard InChI is InChI=1S/C20H23N5O2S/c1-25-11-9-16(10-12-25)27-18-4-2-3-14-13-22-20(24-19(14)18)23-15-5-7-17(8-6-15)28(21)26/h2-8,13,16H,9-12,21H2,1H3,(H,22,23,24). The molecule has 0 radical (unpaired) electrons. The molecule has 0 amide bonds. The zero-order chi connectivity index (χ0) is 19.5. The minimum atomic E-state index is -1.49. The molecule has 146 valence electrons. The molecule has 1 saturated heterocycles. The summed E-state index contributed by atoms with van der Waals surface area (Å²) < 4.78 is 17.6. The van der Waals surface area contributed by atoms with Crippen molar-refractivity contribution in [3.8, 4) is 5.75 Å². The SMILES string of the molecule is CN1CCC(Oc2cccc3cnc(Nc4ccc(S(N)=O)cc4)nc23)CC1. The molecule has 1 aliphatic rings. The quantitative estimate of drug-likeness (QED) is 0.688. The van der Waals surface area contributed by atoms with Crippen molar-refractivity contribution in [1.82, 2.24) is 14.9 Å². The van der Waals surface area contributed by atoms with Gasteiger partial charge in [-0.1, -0.05) is 12.1 Å². The van der Waals surface area contributed by atoms with E-state index in [2.05, 4.69) is 27.2 Å². The summed E-state index contributed by atoms with van der Waals surface area (Å²) >= 11 is 0. The van der Waals surface area contributed by atoms with E-state index in [1.807, 2.05) is 18.2 Å². The first-order valence-corrected chi connectivity index (χ1v) is 10.4. The topological polar surface area (TPSA) is 93.4 Å². The van der Waals surface area contributed by atoms with Crippen molar-refractivity contribution < 1.29 is 8.95 Å². The predicted molar refractivity (Wildman–Crippen MR) is 111 cm³/mol. The number of hydrogen-bond donors (Lipinski definition) is 2. The van der Waals surface area contributed by atoms with Crippen molar-refractivity contribution in [2.24, 2.45) is 5.14 Å². The Labute approximate surface area is 166 Å². The number of nitrogens with two attached hydrogens (primary N) is 1. The number of para-hydroxylation sites is 1. The summed E-state index contributed by atoms with van der Waals surface area (Å²) in [5, 5.41) is 9.50. The van der Waals surface area contributed by atoms with E-state index in [4.69, 9.17) is 9.88 Å². The maximum Gasteiger partial charge on any atom is 0.227 e. The lowest BCUT2D eigenvalue weighted by Gasteiger charge is -2.29. The van der Waals surface area contributed by atoms with Gasteiger partial charge in [-0.3, -0.25) is 0 Å². The fourth-order valence-electron chi connectivity index (χ4n) is 3.27. The number of anilines is 2. The van der Waals surface area contributed by atoms with Gasteiger partial charge in [0.15, 0.2) is 0 Å². The number of rotatable bonds is 5. The molecule has 0 bridgehead atoms. The van der Waals surface area contributed by atoms with Crippen molar-refractivity contribution in [1.29, 1.82) is 0 Å². The first-order chi connectivity index (χ1) is 13.6. The monoisotopic (exact) mass is 397 g/mol. The minimum absolute atomic E-state index is 0.206. The van der Waals surface area contributed by atoms with Crippen molar-refractivity contribution in [2.75, 3.05) is 25.5 Å². The molecule has 8 heteroatoms. The van der Waals surface area contributed by atoms with Crippen LogP contribution < -0.4 is 15.2 Å². The van der Waals surface area contributed by atoms with E-state index in [-0.39, 0.29) is 6.10 Å². The Kier molecular flexibility index (Phi) is 5.52. The van der Waals surface area contributed by atoms with Gasteiger partial charge in [0.25, 0.3) is 0 Å². The number of likely N-dealkylation sites (tertiary alicyclic amines) is 1. The van der Waals surface area contributed by atoms with Crippen LogP contribution in [0.4, 0.5) is 11.6 Å². The van der Waals surface area contributed by atoms with Crippen molar-refractivity contribution in [3.05, 3.63) is 48.7 Å². The zero-order valence-electron chi connectivity index (χ0n) is 15.7. The Morgan fingerprint density at radius 3 is 2.64 bits per heavy atom. The summed E-state index contributed by atoms with van der Waals surface area (Å²) in [5.41, 5.74) is 1.58. The maximum atomic E-state index is 11.3. The molecular weight excluding hydrogens is 374 g/mol. The highest BCUT2D eigenvalue weighted by Crippen LogP contribution is 2.27. The van der Waals surface area contributed by atoms with Gasteiger partial charge in [-0.2, -0.15) is 0 Å². The maximum absolute atomic E-state index is 11.3. The van der Waals surface area contributed by atoms with Crippen molar-refractivity contribution in [2.45, 2.75) is 23.8 Å². The lowest BCUT2D eigenvalue weighted by Crippen LogP contribution is -2.35. The van der Waals surface area contributed by atoms with E-state index in [1.165, 1.54) is 0 Å². The molecule has 1 aromatic heterocycles. The molecule has 2 aromatic carbocycles. The van der Waals surface area contributed by atoms with Crippen LogP contribution in [0.1, 0.15) is 12.8 Å². The molecule has 0 spiro atoms. The van der Waals surface area contributed by atoms with Gasteiger partial charge in [0, 0.05) is 30.4 Å². The number of piperidine rings is 1. The van der Waals surface area contributed by atoms with E-state index in [1.54, 1.807) is 30.5 Å². The third-order valence-corrected chi connectivity index (χ3v) is 5.61. The highest BCUT2D eigenvalue weighted by molar-refractivity contribution is 7.82. The summed E-state index contributed by atoms with van der Waals surface area (Å²) in [5.74, 6) is 1.26. The van der Waals surface area contributed by atoms with Crippen molar-refractivity contribution in [3.63, 3.8) is 0 Å². The molecule has 3 aromatic rings. The predicted octanol–water partition coefficient (Wildman–Crippen LogP) is 2.83. The number of fused-ring (bicyclic) bond motifs is 1. The average molecular weight is 398 g/mol. The fourth-order valence-corrected chi connectivity index (χ4v) is 3.67. The molecule has 7 nitrogen and oxygen atoms in total. The Morgan fingerprint density at radius 2 is 1.93 bits per heavy atom. The van der Waals surface area contributed by atoms with Crippen LogP contribution in [-0.4, -0.2) is 45.3 Å². The second-order valence-corrected chi connectivity index (χ2v) is 8.02. The molecule has 0 saturated carbocycles.